The number of unbranched alkanes of at least 4 members (excludes halogenated alkanes) is 6. The number of para-hydroxylation sites is 1. The third-order valence-corrected chi connectivity index (χ3v) is 5.91. The number of pyridine rings is 1. The van der Waals surface area contributed by atoms with Crippen LogP contribution in [0.15, 0.2) is 36.4 Å². The zero-order valence-electron chi connectivity index (χ0n) is 18.4. The van der Waals surface area contributed by atoms with Crippen LogP contribution in [0.4, 0.5) is 0 Å². The van der Waals surface area contributed by atoms with Crippen molar-refractivity contribution >= 4 is 10.9 Å². The lowest BCUT2D eigenvalue weighted by molar-refractivity contribution is -0.255. The van der Waals surface area contributed by atoms with E-state index in [0.717, 1.165) is 29.4 Å². The van der Waals surface area contributed by atoms with E-state index in [-0.39, 0.29) is 0 Å². The number of fused-ring (bicyclic) bond motifs is 1. The fourth-order valence-electron chi connectivity index (χ4n) is 4.24. The third-order valence-electron chi connectivity index (χ3n) is 5.91. The van der Waals surface area contributed by atoms with E-state index in [1.54, 1.807) is 14.2 Å². The summed E-state index contributed by atoms with van der Waals surface area (Å²) < 4.78 is 12.2. The van der Waals surface area contributed by atoms with Gasteiger partial charge in [-0.2, -0.15) is 0 Å². The van der Waals surface area contributed by atoms with Gasteiger partial charge in [0.1, 0.15) is 5.69 Å². The highest BCUT2D eigenvalue weighted by Crippen LogP contribution is 2.40. The third kappa shape index (κ3) is 5.78. The molecule has 156 valence electrons. The molecule has 0 amide bonds. The second kappa shape index (κ2) is 12.2. The molecule has 0 saturated carbocycles. The SMILES string of the molecule is CCCCCCCCC(CCCC)C(OC)(OC)c1ccc2ccccc2n1. The second-order valence-corrected chi connectivity index (χ2v) is 7.86. The molecule has 1 unspecified atom stereocenters. The van der Waals surface area contributed by atoms with E-state index in [1.807, 2.05) is 12.1 Å². The number of rotatable bonds is 14. The van der Waals surface area contributed by atoms with Crippen LogP contribution in [-0.2, 0) is 15.3 Å². The molecular formula is C25H39NO2. The molecule has 1 atom stereocenters. The Morgan fingerprint density at radius 3 is 2.14 bits per heavy atom. The second-order valence-electron chi connectivity index (χ2n) is 7.86. The minimum absolute atomic E-state index is 0.308. The summed E-state index contributed by atoms with van der Waals surface area (Å²) in [4.78, 5) is 4.94. The molecule has 1 heterocycles. The number of nitrogens with zero attached hydrogens (tertiary/aromatic N) is 1. The van der Waals surface area contributed by atoms with Crippen LogP contribution in [-0.4, -0.2) is 19.2 Å². The minimum atomic E-state index is -0.775. The molecule has 0 spiro atoms. The van der Waals surface area contributed by atoms with Gasteiger partial charge in [0.2, 0.25) is 5.79 Å². The first-order valence-corrected chi connectivity index (χ1v) is 11.2. The standard InChI is InChI=1S/C25H39NO2/c1-5-7-9-10-11-12-17-22(16-8-6-2)25(27-3,28-4)24-20-19-21-15-13-14-18-23(21)26-24/h13-15,18-20,22H,5-12,16-17H2,1-4H3. The molecule has 1 aromatic heterocycles. The van der Waals surface area contributed by atoms with Gasteiger partial charge in [-0.1, -0.05) is 89.5 Å². The van der Waals surface area contributed by atoms with Gasteiger partial charge in [0.05, 0.1) is 5.52 Å². The van der Waals surface area contributed by atoms with Gasteiger partial charge < -0.3 is 9.47 Å². The van der Waals surface area contributed by atoms with Crippen LogP contribution < -0.4 is 0 Å². The quantitative estimate of drug-likeness (QED) is 0.254. The van der Waals surface area contributed by atoms with Crippen molar-refractivity contribution < 1.29 is 9.47 Å². The molecule has 2 aromatic rings. The highest BCUT2D eigenvalue weighted by Gasteiger charge is 2.42. The topological polar surface area (TPSA) is 31.4 Å². The molecule has 0 aliphatic rings. The number of hydrogen-bond acceptors (Lipinski definition) is 3. The summed E-state index contributed by atoms with van der Waals surface area (Å²) in [6.07, 6.45) is 12.4. The van der Waals surface area contributed by atoms with Crippen LogP contribution >= 0.6 is 0 Å². The molecule has 28 heavy (non-hydrogen) atoms. The molecule has 0 radical (unpaired) electrons. The minimum Gasteiger partial charge on any atom is -0.348 e. The van der Waals surface area contributed by atoms with Gasteiger partial charge in [-0.05, 0) is 25.0 Å². The van der Waals surface area contributed by atoms with E-state index in [0.29, 0.717) is 5.92 Å². The van der Waals surface area contributed by atoms with Crippen molar-refractivity contribution in [1.82, 2.24) is 4.98 Å². The molecule has 3 nitrogen and oxygen atoms in total. The van der Waals surface area contributed by atoms with E-state index in [9.17, 15) is 0 Å². The van der Waals surface area contributed by atoms with Crippen LogP contribution in [0.25, 0.3) is 10.9 Å². The summed E-state index contributed by atoms with van der Waals surface area (Å²) in [7, 11) is 3.53. The zero-order valence-corrected chi connectivity index (χ0v) is 18.4. The number of benzene rings is 1. The molecule has 0 bridgehead atoms. The number of hydrogen-bond donors (Lipinski definition) is 0. The fraction of sp³-hybridized carbons (Fsp3) is 0.640. The Bertz CT molecular complexity index is 681. The van der Waals surface area contributed by atoms with E-state index < -0.39 is 5.79 Å². The van der Waals surface area contributed by atoms with Crippen molar-refractivity contribution in [3.63, 3.8) is 0 Å². The number of ether oxygens (including phenoxy) is 2. The predicted octanol–water partition coefficient (Wildman–Crippen LogP) is 7.24. The summed E-state index contributed by atoms with van der Waals surface area (Å²) in [5, 5.41) is 1.15. The van der Waals surface area contributed by atoms with Gasteiger partial charge in [0.25, 0.3) is 0 Å². The Morgan fingerprint density at radius 1 is 0.786 bits per heavy atom. The van der Waals surface area contributed by atoms with Crippen LogP contribution in [0.1, 0.15) is 83.7 Å². The molecule has 2 rings (SSSR count). The molecule has 0 N–H and O–H groups in total. The van der Waals surface area contributed by atoms with E-state index in [4.69, 9.17) is 14.5 Å². The van der Waals surface area contributed by atoms with E-state index in [1.165, 1.54) is 51.4 Å². The number of methoxy groups -OCH3 is 2. The van der Waals surface area contributed by atoms with Crippen molar-refractivity contribution in [3.05, 3.63) is 42.1 Å². The maximum absolute atomic E-state index is 6.09. The first-order valence-electron chi connectivity index (χ1n) is 11.2. The smallest absolute Gasteiger partial charge is 0.214 e. The summed E-state index contributed by atoms with van der Waals surface area (Å²) in [5.41, 5.74) is 1.88. The molecule has 3 heteroatoms. The molecule has 0 fully saturated rings. The van der Waals surface area contributed by atoms with E-state index in [2.05, 4.69) is 38.1 Å². The summed E-state index contributed by atoms with van der Waals surface area (Å²) in [6.45, 7) is 4.51. The van der Waals surface area contributed by atoms with Crippen molar-refractivity contribution in [2.75, 3.05) is 14.2 Å². The Hall–Kier alpha value is -1.45. The lowest BCUT2D eigenvalue weighted by Gasteiger charge is -2.38. The number of aromatic nitrogens is 1. The lowest BCUT2D eigenvalue weighted by atomic mass is 9.85. The van der Waals surface area contributed by atoms with Crippen LogP contribution in [0.3, 0.4) is 0 Å². The largest absolute Gasteiger partial charge is 0.348 e. The maximum Gasteiger partial charge on any atom is 0.214 e. The normalized spacial score (nSPS) is 13.1. The first-order chi connectivity index (χ1) is 13.7. The van der Waals surface area contributed by atoms with Gasteiger partial charge in [0, 0.05) is 25.5 Å². The first kappa shape index (κ1) is 22.8. The summed E-state index contributed by atoms with van der Waals surface area (Å²) in [6, 6.07) is 12.4. The highest BCUT2D eigenvalue weighted by atomic mass is 16.7. The van der Waals surface area contributed by atoms with Crippen LogP contribution in [0.2, 0.25) is 0 Å². The zero-order chi connectivity index (χ0) is 20.2. The van der Waals surface area contributed by atoms with Gasteiger partial charge in [-0.25, -0.2) is 4.98 Å². The van der Waals surface area contributed by atoms with Gasteiger partial charge in [0.15, 0.2) is 0 Å². The van der Waals surface area contributed by atoms with Crippen LogP contribution in [0, 0.1) is 5.92 Å². The molecule has 0 aliphatic carbocycles. The average Bonchev–Trinajstić information content (AvgIpc) is 2.74. The Morgan fingerprint density at radius 2 is 1.43 bits per heavy atom. The monoisotopic (exact) mass is 385 g/mol. The van der Waals surface area contributed by atoms with Crippen molar-refractivity contribution in [1.29, 1.82) is 0 Å². The van der Waals surface area contributed by atoms with E-state index >= 15 is 0 Å². The van der Waals surface area contributed by atoms with Crippen molar-refractivity contribution in [2.45, 2.75) is 83.8 Å². The molecule has 0 aliphatic heterocycles. The fourth-order valence-corrected chi connectivity index (χ4v) is 4.24. The van der Waals surface area contributed by atoms with Gasteiger partial charge in [-0.15, -0.1) is 0 Å². The Labute approximate surface area is 171 Å². The molecular weight excluding hydrogens is 346 g/mol. The molecule has 0 saturated heterocycles. The summed E-state index contributed by atoms with van der Waals surface area (Å²) >= 11 is 0. The van der Waals surface area contributed by atoms with Gasteiger partial charge in [-0.3, -0.25) is 0 Å². The van der Waals surface area contributed by atoms with Crippen LogP contribution in [0.5, 0.6) is 0 Å². The predicted molar refractivity (Wildman–Crippen MR) is 118 cm³/mol. The Balaban J connectivity index is 2.21. The highest BCUT2D eigenvalue weighted by molar-refractivity contribution is 5.78. The Kier molecular flexibility index (Phi) is 9.94. The average molecular weight is 386 g/mol. The lowest BCUT2D eigenvalue weighted by Crippen LogP contribution is -2.40. The molecule has 1 aromatic carbocycles. The van der Waals surface area contributed by atoms with Crippen molar-refractivity contribution in [2.24, 2.45) is 5.92 Å². The summed E-state index contributed by atoms with van der Waals surface area (Å²) in [5.74, 6) is -0.468. The maximum atomic E-state index is 6.09. The van der Waals surface area contributed by atoms with Gasteiger partial charge >= 0.3 is 0 Å². The van der Waals surface area contributed by atoms with Crippen molar-refractivity contribution in [3.8, 4) is 0 Å².